The van der Waals surface area contributed by atoms with Crippen LogP contribution in [0.25, 0.3) is 10.8 Å². The van der Waals surface area contributed by atoms with Gasteiger partial charge >= 0.3 is 0 Å². The molecule has 4 rings (SSSR count). The molecule has 0 fully saturated rings. The summed E-state index contributed by atoms with van der Waals surface area (Å²) in [7, 11) is 0. The van der Waals surface area contributed by atoms with Crippen molar-refractivity contribution in [1.82, 2.24) is 5.43 Å². The molecule has 0 saturated carbocycles. The standard InChI is InChI=1S/C21H18N2O4/c1-13-5-4-8-16(20(13)24)11-22-23-21(25)19-12-26-17-9-14-6-2-3-7-15(14)10-18(17)27-19/h2-11,19,24H,12H2,1H3,(H,23,25)/b22-11+/t19-/m1/s1. The van der Waals surface area contributed by atoms with E-state index in [0.29, 0.717) is 17.1 Å². The molecular formula is C21H18N2O4. The number of aryl methyl sites for hydroxylation is 1. The van der Waals surface area contributed by atoms with E-state index in [2.05, 4.69) is 10.5 Å². The molecule has 3 aromatic rings. The van der Waals surface area contributed by atoms with Gasteiger partial charge in [0.15, 0.2) is 11.5 Å². The Morgan fingerprint density at radius 1 is 1.15 bits per heavy atom. The summed E-state index contributed by atoms with van der Waals surface area (Å²) in [4.78, 5) is 12.3. The Bertz CT molecular complexity index is 1050. The fourth-order valence-corrected chi connectivity index (χ4v) is 2.91. The van der Waals surface area contributed by atoms with Crippen LogP contribution in [0.1, 0.15) is 11.1 Å². The highest BCUT2D eigenvalue weighted by molar-refractivity contribution is 5.88. The van der Waals surface area contributed by atoms with Crippen molar-refractivity contribution in [1.29, 1.82) is 0 Å². The molecule has 0 spiro atoms. The van der Waals surface area contributed by atoms with Crippen molar-refractivity contribution in [2.75, 3.05) is 6.61 Å². The Hall–Kier alpha value is -3.54. The highest BCUT2D eigenvalue weighted by Crippen LogP contribution is 2.35. The molecule has 136 valence electrons. The van der Waals surface area contributed by atoms with Crippen LogP contribution in [0.2, 0.25) is 0 Å². The number of amides is 1. The van der Waals surface area contributed by atoms with Crippen molar-refractivity contribution in [2.24, 2.45) is 5.10 Å². The Morgan fingerprint density at radius 2 is 1.89 bits per heavy atom. The van der Waals surface area contributed by atoms with E-state index < -0.39 is 12.0 Å². The molecule has 27 heavy (non-hydrogen) atoms. The van der Waals surface area contributed by atoms with Gasteiger partial charge in [0, 0.05) is 5.56 Å². The topological polar surface area (TPSA) is 80.2 Å². The largest absolute Gasteiger partial charge is 0.507 e. The molecular weight excluding hydrogens is 344 g/mol. The first-order chi connectivity index (χ1) is 13.1. The molecule has 1 atom stereocenters. The van der Waals surface area contributed by atoms with Crippen molar-refractivity contribution in [3.63, 3.8) is 0 Å². The van der Waals surface area contributed by atoms with Crippen LogP contribution in [0.3, 0.4) is 0 Å². The third-order valence-electron chi connectivity index (χ3n) is 4.41. The number of carbonyl (C=O) groups is 1. The van der Waals surface area contributed by atoms with E-state index in [1.165, 1.54) is 6.21 Å². The van der Waals surface area contributed by atoms with Gasteiger partial charge in [-0.05, 0) is 41.5 Å². The maximum absolute atomic E-state index is 12.3. The van der Waals surface area contributed by atoms with E-state index in [-0.39, 0.29) is 12.4 Å². The number of fused-ring (bicyclic) bond motifs is 2. The van der Waals surface area contributed by atoms with Crippen LogP contribution in [-0.4, -0.2) is 29.9 Å². The van der Waals surface area contributed by atoms with Crippen molar-refractivity contribution in [2.45, 2.75) is 13.0 Å². The SMILES string of the molecule is Cc1cccc(/C=N/NC(=O)[C@H]2COc3cc4ccccc4cc3O2)c1O. The summed E-state index contributed by atoms with van der Waals surface area (Å²) in [6.07, 6.45) is 0.590. The number of para-hydroxylation sites is 1. The van der Waals surface area contributed by atoms with Gasteiger partial charge in [-0.1, -0.05) is 36.4 Å². The maximum Gasteiger partial charge on any atom is 0.284 e. The highest BCUT2D eigenvalue weighted by Gasteiger charge is 2.27. The van der Waals surface area contributed by atoms with Gasteiger partial charge in [0.25, 0.3) is 5.91 Å². The van der Waals surface area contributed by atoms with E-state index in [0.717, 1.165) is 16.3 Å². The molecule has 0 unspecified atom stereocenters. The number of nitrogens with zero attached hydrogens (tertiary/aromatic N) is 1. The number of aromatic hydroxyl groups is 1. The van der Waals surface area contributed by atoms with Gasteiger partial charge in [-0.2, -0.15) is 5.10 Å². The number of phenolic OH excluding ortho intramolecular Hbond substituents is 1. The van der Waals surface area contributed by atoms with Crippen LogP contribution in [-0.2, 0) is 4.79 Å². The van der Waals surface area contributed by atoms with Crippen molar-refractivity contribution in [3.8, 4) is 17.2 Å². The molecule has 0 bridgehead atoms. The molecule has 0 saturated heterocycles. The van der Waals surface area contributed by atoms with Gasteiger partial charge in [0.1, 0.15) is 12.4 Å². The summed E-state index contributed by atoms with van der Waals surface area (Å²) in [5.41, 5.74) is 3.69. The molecule has 6 heteroatoms. The summed E-state index contributed by atoms with van der Waals surface area (Å²) in [5.74, 6) is 0.858. The fourth-order valence-electron chi connectivity index (χ4n) is 2.91. The first-order valence-corrected chi connectivity index (χ1v) is 8.55. The minimum absolute atomic E-state index is 0.0996. The first kappa shape index (κ1) is 16.9. The number of carbonyl (C=O) groups excluding carboxylic acids is 1. The quantitative estimate of drug-likeness (QED) is 0.554. The van der Waals surface area contributed by atoms with Crippen LogP contribution in [0.5, 0.6) is 17.2 Å². The number of phenols is 1. The average molecular weight is 362 g/mol. The van der Waals surface area contributed by atoms with Crippen LogP contribution >= 0.6 is 0 Å². The van der Waals surface area contributed by atoms with Crippen LogP contribution in [0.4, 0.5) is 0 Å². The van der Waals surface area contributed by atoms with Gasteiger partial charge < -0.3 is 14.6 Å². The number of hydrogen-bond donors (Lipinski definition) is 2. The molecule has 2 N–H and O–H groups in total. The molecule has 0 radical (unpaired) electrons. The van der Waals surface area contributed by atoms with Gasteiger partial charge in [0.05, 0.1) is 6.21 Å². The lowest BCUT2D eigenvalue weighted by Gasteiger charge is -2.25. The number of rotatable bonds is 3. The maximum atomic E-state index is 12.3. The molecule has 1 heterocycles. The van der Waals surface area contributed by atoms with E-state index in [9.17, 15) is 9.90 Å². The van der Waals surface area contributed by atoms with Gasteiger partial charge in [-0.15, -0.1) is 0 Å². The summed E-state index contributed by atoms with van der Waals surface area (Å²) in [6.45, 7) is 1.89. The lowest BCUT2D eigenvalue weighted by molar-refractivity contribution is -0.130. The second-order valence-electron chi connectivity index (χ2n) is 6.31. The molecule has 1 amide bonds. The van der Waals surface area contributed by atoms with Gasteiger partial charge in [-0.3, -0.25) is 4.79 Å². The molecule has 1 aliphatic rings. The number of benzene rings is 3. The number of hydrogen-bond acceptors (Lipinski definition) is 5. The zero-order chi connectivity index (χ0) is 18.8. The predicted octanol–water partition coefficient (Wildman–Crippen LogP) is 3.14. The third-order valence-corrected chi connectivity index (χ3v) is 4.41. The predicted molar refractivity (Wildman–Crippen MR) is 102 cm³/mol. The Labute approximate surface area is 156 Å². The number of nitrogens with one attached hydrogen (secondary N) is 1. The minimum atomic E-state index is -0.804. The first-order valence-electron chi connectivity index (χ1n) is 8.55. The lowest BCUT2D eigenvalue weighted by atomic mass is 10.1. The fraction of sp³-hybridized carbons (Fsp3) is 0.143. The highest BCUT2D eigenvalue weighted by atomic mass is 16.6. The normalized spacial score (nSPS) is 15.8. The monoisotopic (exact) mass is 362 g/mol. The second-order valence-corrected chi connectivity index (χ2v) is 6.31. The Morgan fingerprint density at radius 3 is 2.67 bits per heavy atom. The van der Waals surface area contributed by atoms with Crippen molar-refractivity contribution < 1.29 is 19.4 Å². The third kappa shape index (κ3) is 3.42. The van der Waals surface area contributed by atoms with Gasteiger partial charge in [-0.25, -0.2) is 5.43 Å². The average Bonchev–Trinajstić information content (AvgIpc) is 2.69. The zero-order valence-electron chi connectivity index (χ0n) is 14.7. The molecule has 0 aromatic heterocycles. The van der Waals surface area contributed by atoms with E-state index in [1.54, 1.807) is 25.1 Å². The van der Waals surface area contributed by atoms with E-state index in [1.807, 2.05) is 36.4 Å². The zero-order valence-corrected chi connectivity index (χ0v) is 14.7. The van der Waals surface area contributed by atoms with E-state index in [4.69, 9.17) is 9.47 Å². The Balaban J connectivity index is 1.45. The molecule has 0 aliphatic carbocycles. The number of ether oxygens (including phenoxy) is 2. The molecule has 1 aliphatic heterocycles. The lowest BCUT2D eigenvalue weighted by Crippen LogP contribution is -2.42. The van der Waals surface area contributed by atoms with Crippen molar-refractivity contribution in [3.05, 3.63) is 65.7 Å². The summed E-state index contributed by atoms with van der Waals surface area (Å²) >= 11 is 0. The summed E-state index contributed by atoms with van der Waals surface area (Å²) < 4.78 is 11.5. The minimum Gasteiger partial charge on any atom is -0.507 e. The van der Waals surface area contributed by atoms with Gasteiger partial charge in [0.2, 0.25) is 6.10 Å². The number of hydrazone groups is 1. The van der Waals surface area contributed by atoms with Crippen LogP contribution in [0.15, 0.2) is 59.7 Å². The second kappa shape index (κ2) is 6.99. The van der Waals surface area contributed by atoms with Crippen molar-refractivity contribution >= 4 is 22.9 Å². The van der Waals surface area contributed by atoms with Crippen LogP contribution < -0.4 is 14.9 Å². The molecule has 6 nitrogen and oxygen atoms in total. The summed E-state index contributed by atoms with van der Waals surface area (Å²) in [5, 5.41) is 15.9. The molecule has 3 aromatic carbocycles. The smallest absolute Gasteiger partial charge is 0.284 e. The Kier molecular flexibility index (Phi) is 4.38. The van der Waals surface area contributed by atoms with Crippen LogP contribution in [0, 0.1) is 6.92 Å². The summed E-state index contributed by atoms with van der Waals surface area (Å²) in [6, 6.07) is 16.9. The van der Waals surface area contributed by atoms with E-state index >= 15 is 0 Å².